The van der Waals surface area contributed by atoms with Crippen LogP contribution >= 0.6 is 11.3 Å². The number of hydrogen-bond acceptors (Lipinski definition) is 4. The Hall–Kier alpha value is -2.60. The van der Waals surface area contributed by atoms with E-state index in [4.69, 9.17) is 4.74 Å². The van der Waals surface area contributed by atoms with Crippen LogP contribution < -0.4 is 10.1 Å². The molecule has 6 heteroatoms. The molecule has 25 heavy (non-hydrogen) atoms. The highest BCUT2D eigenvalue weighted by Gasteiger charge is 2.05. The van der Waals surface area contributed by atoms with Crippen LogP contribution in [0.5, 0.6) is 5.75 Å². The smallest absolute Gasteiger partial charge is 0.224 e. The molecule has 0 bridgehead atoms. The van der Waals surface area contributed by atoms with Crippen molar-refractivity contribution in [2.24, 2.45) is 0 Å². The Kier molecular flexibility index (Phi) is 5.85. The van der Waals surface area contributed by atoms with Gasteiger partial charge in [0, 0.05) is 23.7 Å². The van der Waals surface area contributed by atoms with Gasteiger partial charge in [-0.15, -0.1) is 0 Å². The van der Waals surface area contributed by atoms with Gasteiger partial charge in [0.15, 0.2) is 0 Å². The normalized spacial score (nSPS) is 10.6. The number of ether oxygens (including phenoxy) is 1. The number of carbonyl (C=O) groups is 1. The maximum atomic E-state index is 12.0. The van der Waals surface area contributed by atoms with Crippen molar-refractivity contribution in [3.05, 3.63) is 58.9 Å². The quantitative estimate of drug-likeness (QED) is 0.674. The lowest BCUT2D eigenvalue weighted by molar-refractivity contribution is -0.120. The fourth-order valence-corrected chi connectivity index (χ4v) is 3.13. The summed E-state index contributed by atoms with van der Waals surface area (Å²) in [5, 5.41) is 11.6. The predicted molar refractivity (Wildman–Crippen MR) is 99.9 cm³/mol. The van der Waals surface area contributed by atoms with Crippen LogP contribution in [0.15, 0.2) is 53.4 Å². The molecule has 0 aliphatic heterocycles. The lowest BCUT2D eigenvalue weighted by atomic mass is 10.1. The predicted octanol–water partition coefficient (Wildman–Crippen LogP) is 3.37. The van der Waals surface area contributed by atoms with Gasteiger partial charge in [-0.2, -0.15) is 16.4 Å². The van der Waals surface area contributed by atoms with Gasteiger partial charge in [0.1, 0.15) is 5.75 Å². The van der Waals surface area contributed by atoms with Gasteiger partial charge in [0.2, 0.25) is 5.91 Å². The number of hydrogen-bond donors (Lipinski definition) is 1. The lowest BCUT2D eigenvalue weighted by Crippen LogP contribution is -2.28. The molecular formula is C19H21N3O2S. The summed E-state index contributed by atoms with van der Waals surface area (Å²) in [5.74, 6) is 0.834. The zero-order chi connectivity index (χ0) is 17.5. The van der Waals surface area contributed by atoms with Crippen molar-refractivity contribution in [3.63, 3.8) is 0 Å². The zero-order valence-corrected chi connectivity index (χ0v) is 15.0. The van der Waals surface area contributed by atoms with Crippen LogP contribution in [0.2, 0.25) is 0 Å². The number of aromatic nitrogens is 2. The number of amides is 1. The average Bonchev–Trinajstić information content (AvgIpc) is 3.28. The molecular weight excluding hydrogens is 334 g/mol. The van der Waals surface area contributed by atoms with Gasteiger partial charge in [-0.25, -0.2) is 0 Å². The number of carbonyl (C=O) groups excluding carboxylic acids is 1. The first-order valence-electron chi connectivity index (χ1n) is 8.29. The topological polar surface area (TPSA) is 56.1 Å². The summed E-state index contributed by atoms with van der Waals surface area (Å²) >= 11 is 1.66. The van der Waals surface area contributed by atoms with Crippen molar-refractivity contribution in [2.75, 3.05) is 13.2 Å². The summed E-state index contributed by atoms with van der Waals surface area (Å²) in [5.41, 5.74) is 3.06. The Bertz CT molecular complexity index is 794. The van der Waals surface area contributed by atoms with E-state index in [2.05, 4.69) is 21.9 Å². The molecule has 2 aromatic heterocycles. The number of thiophene rings is 1. The molecule has 5 nitrogen and oxygen atoms in total. The van der Waals surface area contributed by atoms with E-state index in [-0.39, 0.29) is 5.91 Å². The SMILES string of the molecule is CCOc1ccc(CC(=O)NCCn2ccc(-c3ccsc3)n2)cc1. The Morgan fingerprint density at radius 1 is 1.24 bits per heavy atom. The van der Waals surface area contributed by atoms with Crippen LogP contribution in [0.1, 0.15) is 12.5 Å². The van der Waals surface area contributed by atoms with Crippen molar-refractivity contribution in [1.82, 2.24) is 15.1 Å². The minimum Gasteiger partial charge on any atom is -0.494 e. The Morgan fingerprint density at radius 3 is 2.80 bits per heavy atom. The molecule has 3 rings (SSSR count). The van der Waals surface area contributed by atoms with E-state index in [0.29, 0.717) is 26.1 Å². The maximum absolute atomic E-state index is 12.0. The number of nitrogens with zero attached hydrogens (tertiary/aromatic N) is 2. The number of rotatable bonds is 8. The zero-order valence-electron chi connectivity index (χ0n) is 14.1. The first kappa shape index (κ1) is 17.2. The molecule has 0 radical (unpaired) electrons. The molecule has 1 amide bonds. The third-order valence-corrected chi connectivity index (χ3v) is 4.40. The molecule has 0 spiro atoms. The van der Waals surface area contributed by atoms with Crippen LogP contribution in [-0.4, -0.2) is 28.8 Å². The van der Waals surface area contributed by atoms with Crippen LogP contribution in [0, 0.1) is 0 Å². The van der Waals surface area contributed by atoms with E-state index >= 15 is 0 Å². The molecule has 0 saturated carbocycles. The van der Waals surface area contributed by atoms with E-state index in [1.165, 1.54) is 0 Å². The van der Waals surface area contributed by atoms with Gasteiger partial charge in [-0.3, -0.25) is 9.48 Å². The third kappa shape index (κ3) is 4.93. The Labute approximate surface area is 151 Å². The van der Waals surface area contributed by atoms with Gasteiger partial charge in [-0.05, 0) is 42.1 Å². The van der Waals surface area contributed by atoms with Crippen molar-refractivity contribution in [1.29, 1.82) is 0 Å². The summed E-state index contributed by atoms with van der Waals surface area (Å²) in [6.45, 7) is 3.80. The molecule has 3 aromatic rings. The first-order chi connectivity index (χ1) is 12.2. The number of nitrogens with one attached hydrogen (secondary N) is 1. The summed E-state index contributed by atoms with van der Waals surface area (Å²) in [7, 11) is 0. The summed E-state index contributed by atoms with van der Waals surface area (Å²) < 4.78 is 7.25. The molecule has 0 fully saturated rings. The average molecular weight is 355 g/mol. The maximum Gasteiger partial charge on any atom is 0.224 e. The Balaban J connectivity index is 1.43. The molecule has 1 aromatic carbocycles. The minimum absolute atomic E-state index is 0.00868. The van der Waals surface area contributed by atoms with E-state index in [0.717, 1.165) is 22.6 Å². The highest BCUT2D eigenvalue weighted by Crippen LogP contribution is 2.19. The second-order valence-electron chi connectivity index (χ2n) is 5.58. The van der Waals surface area contributed by atoms with Gasteiger partial charge in [-0.1, -0.05) is 12.1 Å². The highest BCUT2D eigenvalue weighted by atomic mass is 32.1. The summed E-state index contributed by atoms with van der Waals surface area (Å²) in [6.07, 6.45) is 2.30. The summed E-state index contributed by atoms with van der Waals surface area (Å²) in [4.78, 5) is 12.0. The van der Waals surface area contributed by atoms with E-state index < -0.39 is 0 Å². The van der Waals surface area contributed by atoms with Crippen molar-refractivity contribution >= 4 is 17.2 Å². The van der Waals surface area contributed by atoms with Crippen LogP contribution in [0.3, 0.4) is 0 Å². The van der Waals surface area contributed by atoms with Crippen LogP contribution in [-0.2, 0) is 17.8 Å². The Morgan fingerprint density at radius 2 is 2.08 bits per heavy atom. The van der Waals surface area contributed by atoms with Crippen LogP contribution in [0.4, 0.5) is 0 Å². The van der Waals surface area contributed by atoms with Gasteiger partial charge >= 0.3 is 0 Å². The van der Waals surface area contributed by atoms with E-state index in [9.17, 15) is 4.79 Å². The second-order valence-corrected chi connectivity index (χ2v) is 6.36. The van der Waals surface area contributed by atoms with Gasteiger partial charge < -0.3 is 10.1 Å². The van der Waals surface area contributed by atoms with Crippen molar-refractivity contribution < 1.29 is 9.53 Å². The number of benzene rings is 1. The van der Waals surface area contributed by atoms with E-state index in [1.54, 1.807) is 11.3 Å². The fourth-order valence-electron chi connectivity index (χ4n) is 2.48. The molecule has 0 atom stereocenters. The van der Waals surface area contributed by atoms with Gasteiger partial charge in [0.25, 0.3) is 0 Å². The summed E-state index contributed by atoms with van der Waals surface area (Å²) in [6, 6.07) is 11.7. The molecule has 0 aliphatic rings. The van der Waals surface area contributed by atoms with Gasteiger partial charge in [0.05, 0.1) is 25.3 Å². The van der Waals surface area contributed by atoms with Crippen molar-refractivity contribution in [3.8, 4) is 17.0 Å². The molecule has 1 N–H and O–H groups in total. The van der Waals surface area contributed by atoms with Crippen molar-refractivity contribution in [2.45, 2.75) is 19.9 Å². The van der Waals surface area contributed by atoms with Crippen LogP contribution in [0.25, 0.3) is 11.3 Å². The lowest BCUT2D eigenvalue weighted by Gasteiger charge is -2.07. The van der Waals surface area contributed by atoms with E-state index in [1.807, 2.05) is 53.5 Å². The molecule has 2 heterocycles. The standard InChI is InChI=1S/C19H21N3O2S/c1-2-24-17-5-3-15(4-6-17)13-19(23)20-9-11-22-10-7-18(21-22)16-8-12-25-14-16/h3-8,10,12,14H,2,9,11,13H2,1H3,(H,20,23). The first-order valence-corrected chi connectivity index (χ1v) is 9.23. The third-order valence-electron chi connectivity index (χ3n) is 3.72. The second kappa shape index (κ2) is 8.48. The fraction of sp³-hybridized carbons (Fsp3) is 0.263. The molecule has 0 unspecified atom stereocenters. The molecule has 0 aliphatic carbocycles. The largest absolute Gasteiger partial charge is 0.494 e. The minimum atomic E-state index is 0.00868. The molecule has 130 valence electrons. The molecule has 0 saturated heterocycles. The monoisotopic (exact) mass is 355 g/mol. The highest BCUT2D eigenvalue weighted by molar-refractivity contribution is 7.08.